The summed E-state index contributed by atoms with van der Waals surface area (Å²) in [5.74, 6) is -1.43. The van der Waals surface area contributed by atoms with Crippen LogP contribution in [0.5, 0.6) is 0 Å². The lowest BCUT2D eigenvalue weighted by Crippen LogP contribution is -2.46. The van der Waals surface area contributed by atoms with E-state index in [1.54, 1.807) is 73.7 Å². The summed E-state index contributed by atoms with van der Waals surface area (Å²) in [6, 6.07) is 19.5. The fraction of sp³-hybridized carbons (Fsp3) is 0.214. The van der Waals surface area contributed by atoms with E-state index in [4.69, 9.17) is 16.3 Å². The highest BCUT2D eigenvalue weighted by molar-refractivity contribution is 8.15. The molecule has 1 heterocycles. The number of nitrogens with one attached hydrogen (secondary N) is 1. The number of halogens is 2. The molecule has 1 atom stereocenters. The van der Waals surface area contributed by atoms with E-state index in [0.29, 0.717) is 32.7 Å². The minimum absolute atomic E-state index is 0.0395. The monoisotopic (exact) mass is 553 g/mol. The van der Waals surface area contributed by atoms with E-state index in [0.717, 1.165) is 11.8 Å². The standard InChI is InChI=1S/C28H25ClFN3O4S/c1-2-37-27(36)19-7-11-22(12-8-19)32-28-33(16-15-18-5-3-4-6-23(18)30)25(34)17-24(38-28)26(35)31-21-13-9-20(29)10-14-21/h3-14,24H,2,15-17H2,1H3,(H,31,35). The molecule has 38 heavy (non-hydrogen) atoms. The van der Waals surface area contributed by atoms with E-state index in [1.165, 1.54) is 11.0 Å². The van der Waals surface area contributed by atoms with E-state index in [1.807, 2.05) is 0 Å². The Kier molecular flexibility index (Phi) is 9.15. The van der Waals surface area contributed by atoms with E-state index < -0.39 is 11.2 Å². The number of benzene rings is 3. The SMILES string of the molecule is CCOC(=O)c1ccc(N=C2SC(C(=O)Nc3ccc(Cl)cc3)CC(=O)N2CCc2ccccc2F)cc1. The topological polar surface area (TPSA) is 88.1 Å². The molecule has 0 bridgehead atoms. The average molecular weight is 554 g/mol. The van der Waals surface area contributed by atoms with Gasteiger partial charge in [-0.1, -0.05) is 41.6 Å². The Bertz CT molecular complexity index is 1350. The maximum atomic E-state index is 14.2. The van der Waals surface area contributed by atoms with Crippen LogP contribution in [0.25, 0.3) is 0 Å². The van der Waals surface area contributed by atoms with Gasteiger partial charge >= 0.3 is 5.97 Å². The van der Waals surface area contributed by atoms with Crippen LogP contribution >= 0.6 is 23.4 Å². The number of aliphatic imine (C=N–C) groups is 1. The number of hydrogen-bond donors (Lipinski definition) is 1. The van der Waals surface area contributed by atoms with E-state index in [9.17, 15) is 18.8 Å². The molecule has 1 aliphatic rings. The number of carbonyl (C=O) groups is 3. The molecule has 0 aromatic heterocycles. The van der Waals surface area contributed by atoms with Crippen LogP contribution in [0, 0.1) is 5.82 Å². The van der Waals surface area contributed by atoms with Crippen LogP contribution in [-0.4, -0.2) is 46.3 Å². The van der Waals surface area contributed by atoms with Crippen molar-refractivity contribution in [2.24, 2.45) is 4.99 Å². The number of thioether (sulfide) groups is 1. The zero-order valence-corrected chi connectivity index (χ0v) is 22.1. The van der Waals surface area contributed by atoms with Gasteiger partial charge in [0.25, 0.3) is 0 Å². The molecule has 7 nitrogen and oxygen atoms in total. The highest BCUT2D eigenvalue weighted by Crippen LogP contribution is 2.30. The second-order valence-electron chi connectivity index (χ2n) is 8.36. The van der Waals surface area contributed by atoms with Gasteiger partial charge in [-0.3, -0.25) is 14.5 Å². The van der Waals surface area contributed by atoms with Crippen molar-refractivity contribution in [2.75, 3.05) is 18.5 Å². The van der Waals surface area contributed by atoms with Gasteiger partial charge < -0.3 is 10.1 Å². The first-order chi connectivity index (χ1) is 18.3. The summed E-state index contributed by atoms with van der Waals surface area (Å²) in [4.78, 5) is 44.3. The molecule has 0 radical (unpaired) electrons. The Balaban J connectivity index is 1.57. The fourth-order valence-electron chi connectivity index (χ4n) is 3.75. The molecular formula is C28H25ClFN3O4S. The van der Waals surface area contributed by atoms with Crippen molar-refractivity contribution in [1.29, 1.82) is 0 Å². The van der Waals surface area contributed by atoms with Crippen molar-refractivity contribution >= 4 is 57.7 Å². The summed E-state index contributed by atoms with van der Waals surface area (Å²) in [6.07, 6.45) is 0.240. The normalized spacial score (nSPS) is 16.4. The first kappa shape index (κ1) is 27.3. The highest BCUT2D eigenvalue weighted by atomic mass is 35.5. The van der Waals surface area contributed by atoms with Crippen LogP contribution in [0.15, 0.2) is 77.8 Å². The number of hydrogen-bond acceptors (Lipinski definition) is 6. The number of ether oxygens (including phenoxy) is 1. The van der Waals surface area contributed by atoms with Crippen LogP contribution in [0.3, 0.4) is 0 Å². The van der Waals surface area contributed by atoms with E-state index in [-0.39, 0.29) is 43.6 Å². The molecule has 196 valence electrons. The molecule has 1 unspecified atom stereocenters. The third-order valence-electron chi connectivity index (χ3n) is 5.71. The van der Waals surface area contributed by atoms with Crippen molar-refractivity contribution in [3.05, 3.63) is 94.8 Å². The van der Waals surface area contributed by atoms with Gasteiger partial charge in [0.15, 0.2) is 5.17 Å². The molecule has 0 saturated carbocycles. The summed E-state index contributed by atoms with van der Waals surface area (Å²) < 4.78 is 19.2. The van der Waals surface area contributed by atoms with Crippen molar-refractivity contribution in [1.82, 2.24) is 4.90 Å². The van der Waals surface area contributed by atoms with Crippen molar-refractivity contribution < 1.29 is 23.5 Å². The van der Waals surface area contributed by atoms with Gasteiger partial charge in [0.2, 0.25) is 11.8 Å². The number of nitrogens with zero attached hydrogens (tertiary/aromatic N) is 2. The molecular weight excluding hydrogens is 529 g/mol. The zero-order chi connectivity index (χ0) is 27.1. The first-order valence-corrected chi connectivity index (χ1v) is 13.2. The lowest BCUT2D eigenvalue weighted by Gasteiger charge is -2.32. The Morgan fingerprint density at radius 1 is 1.11 bits per heavy atom. The van der Waals surface area contributed by atoms with Crippen LogP contribution in [0.1, 0.15) is 29.3 Å². The van der Waals surface area contributed by atoms with Gasteiger partial charge in [-0.2, -0.15) is 0 Å². The number of anilines is 1. The molecule has 1 N–H and O–H groups in total. The second-order valence-corrected chi connectivity index (χ2v) is 9.96. The Labute approximate surface area is 229 Å². The predicted molar refractivity (Wildman–Crippen MR) is 147 cm³/mol. The van der Waals surface area contributed by atoms with Crippen LogP contribution in [-0.2, 0) is 20.7 Å². The van der Waals surface area contributed by atoms with E-state index in [2.05, 4.69) is 10.3 Å². The molecule has 3 aromatic rings. The lowest BCUT2D eigenvalue weighted by molar-refractivity contribution is -0.129. The maximum Gasteiger partial charge on any atom is 0.338 e. The number of esters is 1. The lowest BCUT2D eigenvalue weighted by atomic mass is 10.1. The van der Waals surface area contributed by atoms with Gasteiger partial charge in [0, 0.05) is 23.7 Å². The second kappa shape index (κ2) is 12.7. The molecule has 4 rings (SSSR count). The van der Waals surface area contributed by atoms with Crippen molar-refractivity contribution in [3.8, 4) is 0 Å². The molecule has 10 heteroatoms. The maximum absolute atomic E-state index is 14.2. The average Bonchev–Trinajstić information content (AvgIpc) is 2.91. The molecule has 1 fully saturated rings. The molecule has 1 aliphatic heterocycles. The van der Waals surface area contributed by atoms with E-state index >= 15 is 0 Å². The molecule has 3 aromatic carbocycles. The van der Waals surface area contributed by atoms with Crippen molar-refractivity contribution in [3.63, 3.8) is 0 Å². The molecule has 0 aliphatic carbocycles. The van der Waals surface area contributed by atoms with Crippen LogP contribution < -0.4 is 5.32 Å². The predicted octanol–water partition coefficient (Wildman–Crippen LogP) is 5.86. The minimum Gasteiger partial charge on any atom is -0.462 e. The Morgan fingerprint density at radius 3 is 2.50 bits per heavy atom. The largest absolute Gasteiger partial charge is 0.462 e. The van der Waals surface area contributed by atoms with Crippen LogP contribution in [0.2, 0.25) is 5.02 Å². The van der Waals surface area contributed by atoms with Gasteiger partial charge in [0.05, 0.1) is 17.9 Å². The molecule has 1 saturated heterocycles. The zero-order valence-electron chi connectivity index (χ0n) is 20.5. The minimum atomic E-state index is -0.722. The third kappa shape index (κ3) is 6.99. The summed E-state index contributed by atoms with van der Waals surface area (Å²) in [7, 11) is 0. The smallest absolute Gasteiger partial charge is 0.338 e. The Hall–Kier alpha value is -3.69. The summed E-state index contributed by atoms with van der Waals surface area (Å²) in [6.45, 7) is 2.18. The van der Waals surface area contributed by atoms with Gasteiger partial charge in [-0.05, 0) is 73.5 Å². The third-order valence-corrected chi connectivity index (χ3v) is 7.15. The Morgan fingerprint density at radius 2 is 1.82 bits per heavy atom. The van der Waals surface area contributed by atoms with Crippen molar-refractivity contribution in [2.45, 2.75) is 25.0 Å². The molecule has 0 spiro atoms. The summed E-state index contributed by atoms with van der Waals surface area (Å²) >= 11 is 7.08. The molecule has 2 amide bonds. The first-order valence-electron chi connectivity index (χ1n) is 12.0. The summed E-state index contributed by atoms with van der Waals surface area (Å²) in [5, 5.41) is 2.95. The highest BCUT2D eigenvalue weighted by Gasteiger charge is 2.36. The van der Waals surface area contributed by atoms with Gasteiger partial charge in [-0.25, -0.2) is 14.2 Å². The van der Waals surface area contributed by atoms with Gasteiger partial charge in [-0.15, -0.1) is 0 Å². The number of carbonyl (C=O) groups excluding carboxylic acids is 3. The quantitative estimate of drug-likeness (QED) is 0.353. The van der Waals surface area contributed by atoms with Gasteiger partial charge in [0.1, 0.15) is 11.1 Å². The van der Waals surface area contributed by atoms with Crippen LogP contribution in [0.4, 0.5) is 15.8 Å². The fourth-order valence-corrected chi connectivity index (χ4v) is 5.00. The number of amidine groups is 1. The summed E-state index contributed by atoms with van der Waals surface area (Å²) in [5.41, 5.74) is 1.90. The number of amides is 2. The number of rotatable bonds is 8.